The number of hydrogen-bond acceptors (Lipinski definition) is 5. The van der Waals surface area contributed by atoms with Gasteiger partial charge in [0.15, 0.2) is 0 Å². The van der Waals surface area contributed by atoms with Crippen LogP contribution in [0.5, 0.6) is 0 Å². The van der Waals surface area contributed by atoms with Gasteiger partial charge in [0.25, 0.3) is 0 Å². The third kappa shape index (κ3) is 7.68. The van der Waals surface area contributed by atoms with Crippen LogP contribution >= 0.6 is 0 Å². The molecule has 0 radical (unpaired) electrons. The van der Waals surface area contributed by atoms with Gasteiger partial charge in [0.05, 0.1) is 17.9 Å². The molecule has 1 aliphatic heterocycles. The van der Waals surface area contributed by atoms with E-state index in [2.05, 4.69) is 0 Å². The third-order valence-corrected chi connectivity index (χ3v) is 5.75. The van der Waals surface area contributed by atoms with Crippen LogP contribution in [-0.2, 0) is 19.1 Å². The van der Waals surface area contributed by atoms with Gasteiger partial charge in [-0.15, -0.1) is 0 Å². The summed E-state index contributed by atoms with van der Waals surface area (Å²) in [5.74, 6) is -3.54. The number of rotatable bonds is 9. The maximum Gasteiger partial charge on any atom is 0.416 e. The molecule has 6 nitrogen and oxygen atoms in total. The maximum atomic E-state index is 13.4. The molecule has 1 saturated heterocycles. The van der Waals surface area contributed by atoms with E-state index >= 15 is 0 Å². The van der Waals surface area contributed by atoms with Crippen LogP contribution in [0.15, 0.2) is 0 Å². The molecule has 31 heavy (non-hydrogen) atoms. The van der Waals surface area contributed by atoms with E-state index in [9.17, 15) is 27.6 Å². The SMILES string of the molecule is CC(C)[C@H]1COC(=O)N1C(=O)[C@H](CCC(F)(F)F)[C@@H](CCC1CC1)C(=O)OC(C)(C)C. The van der Waals surface area contributed by atoms with E-state index in [1.165, 1.54) is 0 Å². The summed E-state index contributed by atoms with van der Waals surface area (Å²) in [4.78, 5) is 39.6. The van der Waals surface area contributed by atoms with Crippen molar-refractivity contribution in [3.63, 3.8) is 0 Å². The average Bonchev–Trinajstić information content (AvgIpc) is 3.34. The molecule has 0 bridgehead atoms. The van der Waals surface area contributed by atoms with E-state index in [1.807, 2.05) is 0 Å². The Morgan fingerprint density at radius 1 is 1.13 bits per heavy atom. The molecule has 0 aromatic heterocycles. The fourth-order valence-corrected chi connectivity index (χ4v) is 3.86. The normalized spacial score (nSPS) is 21.8. The van der Waals surface area contributed by atoms with Crippen LogP contribution < -0.4 is 0 Å². The number of esters is 1. The van der Waals surface area contributed by atoms with Gasteiger partial charge in [0.2, 0.25) is 5.91 Å². The second-order valence-corrected chi connectivity index (χ2v) is 10.0. The molecule has 0 N–H and O–H groups in total. The molecule has 0 aromatic carbocycles. The van der Waals surface area contributed by atoms with Crippen molar-refractivity contribution in [2.45, 2.75) is 91.0 Å². The summed E-state index contributed by atoms with van der Waals surface area (Å²) in [5.41, 5.74) is -0.848. The quantitative estimate of drug-likeness (QED) is 0.458. The molecule has 0 unspecified atom stereocenters. The summed E-state index contributed by atoms with van der Waals surface area (Å²) >= 11 is 0. The Hall–Kier alpha value is -1.80. The number of cyclic esters (lactones) is 1. The molecular formula is C22H34F3NO5. The second kappa shape index (κ2) is 9.77. The predicted molar refractivity (Wildman–Crippen MR) is 107 cm³/mol. The molecule has 2 rings (SSSR count). The summed E-state index contributed by atoms with van der Waals surface area (Å²) < 4.78 is 49.7. The Labute approximate surface area is 181 Å². The highest BCUT2D eigenvalue weighted by Gasteiger charge is 2.47. The number of imide groups is 1. The van der Waals surface area contributed by atoms with Crippen LogP contribution in [0.1, 0.15) is 73.1 Å². The van der Waals surface area contributed by atoms with Gasteiger partial charge in [0.1, 0.15) is 12.2 Å². The largest absolute Gasteiger partial charge is 0.460 e. The standard InChI is InChI=1S/C22H34F3NO5/c1-13(2)17-12-30-20(29)26(17)18(27)15(10-11-22(23,24)25)16(9-8-14-6-7-14)19(28)31-21(3,4)5/h13-17H,6-12H2,1-5H3/t15-,16-,17-/m1/s1. The van der Waals surface area contributed by atoms with Gasteiger partial charge in [-0.05, 0) is 51.9 Å². The number of amides is 2. The highest BCUT2D eigenvalue weighted by atomic mass is 19.4. The number of carbonyl (C=O) groups is 3. The molecule has 0 spiro atoms. The number of nitrogens with zero attached hydrogens (tertiary/aromatic N) is 1. The molecule has 3 atom stereocenters. The van der Waals surface area contributed by atoms with E-state index in [1.54, 1.807) is 34.6 Å². The Balaban J connectivity index is 2.34. The molecule has 1 heterocycles. The van der Waals surface area contributed by atoms with Gasteiger partial charge in [-0.3, -0.25) is 9.59 Å². The molecule has 1 saturated carbocycles. The first-order chi connectivity index (χ1) is 14.2. The summed E-state index contributed by atoms with van der Waals surface area (Å²) in [6.07, 6.45) is -4.25. The maximum absolute atomic E-state index is 13.4. The van der Waals surface area contributed by atoms with Crippen molar-refractivity contribution >= 4 is 18.0 Å². The third-order valence-electron chi connectivity index (χ3n) is 5.75. The Bertz CT molecular complexity index is 667. The van der Waals surface area contributed by atoms with Gasteiger partial charge in [-0.1, -0.05) is 26.7 Å². The van der Waals surface area contributed by atoms with Crippen molar-refractivity contribution in [3.05, 3.63) is 0 Å². The molecule has 2 amide bonds. The zero-order valence-electron chi connectivity index (χ0n) is 19.0. The van der Waals surface area contributed by atoms with Gasteiger partial charge in [-0.25, -0.2) is 9.69 Å². The number of halogens is 3. The smallest absolute Gasteiger partial charge is 0.416 e. The monoisotopic (exact) mass is 449 g/mol. The van der Waals surface area contributed by atoms with Crippen LogP contribution in [0.25, 0.3) is 0 Å². The van der Waals surface area contributed by atoms with Crippen molar-refractivity contribution in [3.8, 4) is 0 Å². The van der Waals surface area contributed by atoms with Crippen molar-refractivity contribution in [2.75, 3.05) is 6.61 Å². The van der Waals surface area contributed by atoms with Crippen molar-refractivity contribution < 1.29 is 37.0 Å². The molecule has 2 aliphatic rings. The summed E-state index contributed by atoms with van der Waals surface area (Å²) in [6, 6.07) is -0.573. The number of ether oxygens (including phenoxy) is 2. The summed E-state index contributed by atoms with van der Waals surface area (Å²) in [7, 11) is 0. The highest BCUT2D eigenvalue weighted by molar-refractivity contribution is 5.96. The van der Waals surface area contributed by atoms with Gasteiger partial charge in [-0.2, -0.15) is 13.2 Å². The van der Waals surface area contributed by atoms with Crippen LogP contribution in [0, 0.1) is 23.7 Å². The van der Waals surface area contributed by atoms with Crippen LogP contribution in [0.4, 0.5) is 18.0 Å². The lowest BCUT2D eigenvalue weighted by atomic mass is 9.82. The first-order valence-corrected chi connectivity index (χ1v) is 11.0. The molecule has 0 aromatic rings. The number of hydrogen-bond donors (Lipinski definition) is 0. The number of alkyl halides is 3. The van der Waals surface area contributed by atoms with Crippen molar-refractivity contribution in [1.82, 2.24) is 4.90 Å². The highest BCUT2D eigenvalue weighted by Crippen LogP contribution is 2.39. The average molecular weight is 450 g/mol. The lowest BCUT2D eigenvalue weighted by molar-refractivity contribution is -0.168. The summed E-state index contributed by atoms with van der Waals surface area (Å²) in [5, 5.41) is 0. The van der Waals surface area contributed by atoms with Gasteiger partial charge in [0, 0.05) is 6.42 Å². The Morgan fingerprint density at radius 2 is 1.74 bits per heavy atom. The zero-order valence-corrected chi connectivity index (χ0v) is 19.0. The lowest BCUT2D eigenvalue weighted by Crippen LogP contribution is -2.48. The minimum absolute atomic E-state index is 0.00654. The van der Waals surface area contributed by atoms with E-state index in [4.69, 9.17) is 9.47 Å². The molecule has 178 valence electrons. The fraction of sp³-hybridized carbons (Fsp3) is 0.864. The first kappa shape index (κ1) is 25.5. The molecular weight excluding hydrogens is 415 g/mol. The second-order valence-electron chi connectivity index (χ2n) is 10.0. The minimum atomic E-state index is -4.49. The fourth-order valence-electron chi connectivity index (χ4n) is 3.86. The number of carbonyl (C=O) groups excluding carboxylic acids is 3. The molecule has 2 fully saturated rings. The van der Waals surface area contributed by atoms with E-state index in [0.29, 0.717) is 12.3 Å². The Morgan fingerprint density at radius 3 is 2.23 bits per heavy atom. The van der Waals surface area contributed by atoms with E-state index in [0.717, 1.165) is 17.7 Å². The van der Waals surface area contributed by atoms with Crippen LogP contribution in [0.3, 0.4) is 0 Å². The van der Waals surface area contributed by atoms with Crippen LogP contribution in [0.2, 0.25) is 0 Å². The van der Waals surface area contributed by atoms with Crippen molar-refractivity contribution in [1.29, 1.82) is 0 Å². The van der Waals surface area contributed by atoms with Gasteiger partial charge < -0.3 is 9.47 Å². The zero-order chi connectivity index (χ0) is 23.6. The lowest BCUT2D eigenvalue weighted by Gasteiger charge is -2.32. The first-order valence-electron chi connectivity index (χ1n) is 11.0. The van der Waals surface area contributed by atoms with E-state index < -0.39 is 60.5 Å². The molecule has 9 heteroatoms. The summed E-state index contributed by atoms with van der Waals surface area (Å²) in [6.45, 7) is 8.60. The minimum Gasteiger partial charge on any atom is -0.460 e. The predicted octanol–water partition coefficient (Wildman–Crippen LogP) is 5.10. The van der Waals surface area contributed by atoms with Crippen LogP contribution in [-0.4, -0.2) is 47.3 Å². The van der Waals surface area contributed by atoms with E-state index in [-0.39, 0.29) is 18.9 Å². The molecule has 1 aliphatic carbocycles. The van der Waals surface area contributed by atoms with Gasteiger partial charge >= 0.3 is 18.2 Å². The Kier molecular flexibility index (Phi) is 8.03. The topological polar surface area (TPSA) is 72.9 Å². The van der Waals surface area contributed by atoms with Crippen molar-refractivity contribution in [2.24, 2.45) is 23.7 Å².